The zero-order valence-corrected chi connectivity index (χ0v) is 8.48. The van der Waals surface area contributed by atoms with E-state index in [9.17, 15) is 9.90 Å². The number of methoxy groups -OCH3 is 1. The van der Waals surface area contributed by atoms with E-state index in [1.807, 2.05) is 0 Å². The molecule has 1 heterocycles. The van der Waals surface area contributed by atoms with Crippen LogP contribution in [0, 0.1) is 5.92 Å². The molecule has 2 fully saturated rings. The summed E-state index contributed by atoms with van der Waals surface area (Å²) in [4.78, 5) is 13.3. The molecule has 80 valence electrons. The molecule has 2 rings (SSSR count). The molecule has 1 saturated carbocycles. The predicted octanol–water partition coefficient (Wildman–Crippen LogP) is 0.988. The second-order valence-corrected chi connectivity index (χ2v) is 4.21. The van der Waals surface area contributed by atoms with Crippen LogP contribution in [-0.4, -0.2) is 41.9 Å². The molecule has 3 unspecified atom stereocenters. The largest absolute Gasteiger partial charge is 0.453 e. The summed E-state index contributed by atoms with van der Waals surface area (Å²) < 4.78 is 4.75. The number of carbonyl (C=O) groups excluding carboxylic acids is 1. The molecule has 0 spiro atoms. The average molecular weight is 199 g/mol. The van der Waals surface area contributed by atoms with Crippen LogP contribution >= 0.6 is 0 Å². The normalized spacial score (nSPS) is 35.9. The van der Waals surface area contributed by atoms with Crippen molar-refractivity contribution in [3.05, 3.63) is 0 Å². The van der Waals surface area contributed by atoms with Gasteiger partial charge in [-0.15, -0.1) is 0 Å². The Morgan fingerprint density at radius 2 is 2.36 bits per heavy atom. The fraction of sp³-hybridized carbons (Fsp3) is 0.900. The van der Waals surface area contributed by atoms with Gasteiger partial charge in [0.15, 0.2) is 0 Å². The van der Waals surface area contributed by atoms with Crippen molar-refractivity contribution in [2.75, 3.05) is 13.7 Å². The van der Waals surface area contributed by atoms with Gasteiger partial charge < -0.3 is 9.84 Å². The van der Waals surface area contributed by atoms with Gasteiger partial charge in [-0.2, -0.15) is 0 Å². The average Bonchev–Trinajstić information content (AvgIpc) is 2.74. The first-order chi connectivity index (χ1) is 6.77. The van der Waals surface area contributed by atoms with Crippen molar-refractivity contribution in [1.29, 1.82) is 0 Å². The van der Waals surface area contributed by atoms with Crippen molar-refractivity contribution in [1.82, 2.24) is 4.90 Å². The molecule has 1 aliphatic carbocycles. The number of ether oxygens (including phenoxy) is 1. The lowest BCUT2D eigenvalue weighted by atomic mass is 10.0. The number of aliphatic hydroxyl groups excluding tert-OH is 1. The number of hydrogen-bond donors (Lipinski definition) is 1. The summed E-state index contributed by atoms with van der Waals surface area (Å²) in [5.41, 5.74) is 0. The van der Waals surface area contributed by atoms with Crippen LogP contribution in [0.25, 0.3) is 0 Å². The zero-order valence-electron chi connectivity index (χ0n) is 8.48. The van der Waals surface area contributed by atoms with Crippen LogP contribution in [0.2, 0.25) is 0 Å². The number of amides is 1. The summed E-state index contributed by atoms with van der Waals surface area (Å²) in [6, 6.07) is 0.303. The summed E-state index contributed by atoms with van der Waals surface area (Å²) in [6.07, 6.45) is 4.11. The highest BCUT2D eigenvalue weighted by atomic mass is 16.5. The zero-order chi connectivity index (χ0) is 10.1. The smallest absolute Gasteiger partial charge is 0.410 e. The highest BCUT2D eigenvalue weighted by Crippen LogP contribution is 2.41. The maximum Gasteiger partial charge on any atom is 0.410 e. The number of hydrogen-bond acceptors (Lipinski definition) is 3. The lowest BCUT2D eigenvalue weighted by molar-refractivity contribution is 0.0837. The van der Waals surface area contributed by atoms with E-state index in [0.717, 1.165) is 12.8 Å². The SMILES string of the molecule is COC(=O)N1C(CO)CC2CCCC21. The number of fused-ring (bicyclic) bond motifs is 1. The van der Waals surface area contributed by atoms with Crippen molar-refractivity contribution in [2.24, 2.45) is 5.92 Å². The first-order valence-electron chi connectivity index (χ1n) is 5.25. The van der Waals surface area contributed by atoms with Gasteiger partial charge in [-0.05, 0) is 25.2 Å². The van der Waals surface area contributed by atoms with E-state index in [1.165, 1.54) is 20.0 Å². The van der Waals surface area contributed by atoms with Crippen LogP contribution in [0.5, 0.6) is 0 Å². The Labute approximate surface area is 83.8 Å². The predicted molar refractivity (Wildman–Crippen MR) is 50.9 cm³/mol. The third-order valence-electron chi connectivity index (χ3n) is 3.54. The quantitative estimate of drug-likeness (QED) is 0.685. The monoisotopic (exact) mass is 199 g/mol. The van der Waals surface area contributed by atoms with Crippen LogP contribution in [0.15, 0.2) is 0 Å². The maximum absolute atomic E-state index is 11.5. The van der Waals surface area contributed by atoms with Crippen molar-refractivity contribution in [3.8, 4) is 0 Å². The summed E-state index contributed by atoms with van der Waals surface area (Å²) in [7, 11) is 1.40. The molecule has 1 saturated heterocycles. The van der Waals surface area contributed by atoms with E-state index >= 15 is 0 Å². The molecule has 0 aromatic rings. The second-order valence-electron chi connectivity index (χ2n) is 4.21. The van der Waals surface area contributed by atoms with Crippen LogP contribution in [0.4, 0.5) is 4.79 Å². The van der Waals surface area contributed by atoms with Crippen molar-refractivity contribution in [2.45, 2.75) is 37.8 Å². The molecule has 0 aromatic carbocycles. The van der Waals surface area contributed by atoms with Gasteiger partial charge in [-0.3, -0.25) is 4.90 Å². The standard InChI is InChI=1S/C10H17NO3/c1-14-10(13)11-8(6-12)5-7-3-2-4-9(7)11/h7-9,12H,2-6H2,1H3. The molecule has 1 N–H and O–H groups in total. The van der Waals surface area contributed by atoms with E-state index in [-0.39, 0.29) is 18.7 Å². The fourth-order valence-electron chi connectivity index (χ4n) is 2.94. The molecule has 0 aromatic heterocycles. The topological polar surface area (TPSA) is 49.8 Å². The van der Waals surface area contributed by atoms with Gasteiger partial charge in [0.25, 0.3) is 0 Å². The van der Waals surface area contributed by atoms with E-state index in [4.69, 9.17) is 4.74 Å². The Balaban J connectivity index is 2.13. The molecule has 1 aliphatic heterocycles. The lowest BCUT2D eigenvalue weighted by Gasteiger charge is -2.27. The Morgan fingerprint density at radius 1 is 1.57 bits per heavy atom. The number of carbonyl (C=O) groups is 1. The van der Waals surface area contributed by atoms with Crippen molar-refractivity contribution in [3.63, 3.8) is 0 Å². The number of rotatable bonds is 1. The molecular formula is C10H17NO3. The number of aliphatic hydroxyl groups is 1. The van der Waals surface area contributed by atoms with E-state index < -0.39 is 0 Å². The van der Waals surface area contributed by atoms with Gasteiger partial charge in [-0.25, -0.2) is 4.79 Å². The van der Waals surface area contributed by atoms with Gasteiger partial charge in [0, 0.05) is 6.04 Å². The van der Waals surface area contributed by atoms with Gasteiger partial charge in [0.2, 0.25) is 0 Å². The minimum Gasteiger partial charge on any atom is -0.453 e. The Bertz CT molecular complexity index is 231. The van der Waals surface area contributed by atoms with Crippen molar-refractivity contribution >= 4 is 6.09 Å². The van der Waals surface area contributed by atoms with E-state index in [0.29, 0.717) is 12.0 Å². The number of nitrogens with zero attached hydrogens (tertiary/aromatic N) is 1. The van der Waals surface area contributed by atoms with Crippen LogP contribution < -0.4 is 0 Å². The lowest BCUT2D eigenvalue weighted by Crippen LogP contribution is -2.42. The van der Waals surface area contributed by atoms with Crippen LogP contribution in [0.3, 0.4) is 0 Å². The minimum absolute atomic E-state index is 0.0160. The molecule has 2 aliphatic rings. The van der Waals surface area contributed by atoms with Gasteiger partial charge in [-0.1, -0.05) is 6.42 Å². The minimum atomic E-state index is -0.279. The third kappa shape index (κ3) is 1.38. The fourth-order valence-corrected chi connectivity index (χ4v) is 2.94. The number of likely N-dealkylation sites (tertiary alicyclic amines) is 1. The first-order valence-corrected chi connectivity index (χ1v) is 5.25. The highest BCUT2D eigenvalue weighted by Gasteiger charge is 2.45. The molecule has 0 radical (unpaired) electrons. The van der Waals surface area contributed by atoms with E-state index in [1.54, 1.807) is 4.90 Å². The molecule has 14 heavy (non-hydrogen) atoms. The summed E-state index contributed by atoms with van der Waals surface area (Å²) in [5, 5.41) is 9.19. The van der Waals surface area contributed by atoms with E-state index in [2.05, 4.69) is 0 Å². The van der Waals surface area contributed by atoms with Gasteiger partial charge in [0.05, 0.1) is 19.8 Å². The molecule has 3 atom stereocenters. The Morgan fingerprint density at radius 3 is 3.00 bits per heavy atom. The van der Waals surface area contributed by atoms with Gasteiger partial charge in [0.1, 0.15) is 0 Å². The molecule has 4 heteroatoms. The first kappa shape index (κ1) is 9.77. The van der Waals surface area contributed by atoms with Crippen LogP contribution in [-0.2, 0) is 4.74 Å². The highest BCUT2D eigenvalue weighted by molar-refractivity contribution is 5.69. The molecular weight excluding hydrogens is 182 g/mol. The summed E-state index contributed by atoms with van der Waals surface area (Å²) in [6.45, 7) is 0.0576. The molecule has 1 amide bonds. The summed E-state index contributed by atoms with van der Waals surface area (Å²) >= 11 is 0. The maximum atomic E-state index is 11.5. The van der Waals surface area contributed by atoms with Gasteiger partial charge >= 0.3 is 6.09 Å². The Hall–Kier alpha value is -0.770. The summed E-state index contributed by atoms with van der Waals surface area (Å²) in [5.74, 6) is 0.589. The molecule has 4 nitrogen and oxygen atoms in total. The third-order valence-corrected chi connectivity index (χ3v) is 3.54. The Kier molecular flexibility index (Phi) is 2.63. The van der Waals surface area contributed by atoms with Crippen molar-refractivity contribution < 1.29 is 14.6 Å². The van der Waals surface area contributed by atoms with Crippen LogP contribution in [0.1, 0.15) is 25.7 Å². The second kappa shape index (κ2) is 3.77. The molecule has 0 bridgehead atoms.